The zero-order valence-corrected chi connectivity index (χ0v) is 13.6. The molecule has 4 rings (SSSR count). The maximum atomic E-state index is 5.98. The first-order chi connectivity index (χ1) is 10.3. The van der Waals surface area contributed by atoms with Gasteiger partial charge in [0.05, 0.1) is 13.2 Å². The molecule has 2 aliphatic heterocycles. The van der Waals surface area contributed by atoms with Crippen LogP contribution in [0.3, 0.4) is 0 Å². The van der Waals surface area contributed by atoms with Crippen molar-refractivity contribution in [3.8, 4) is 0 Å². The van der Waals surface area contributed by atoms with Gasteiger partial charge in [0, 0.05) is 43.0 Å². The van der Waals surface area contributed by atoms with Crippen molar-refractivity contribution in [2.75, 3.05) is 45.9 Å². The maximum absolute atomic E-state index is 5.98. The van der Waals surface area contributed by atoms with E-state index in [0.29, 0.717) is 5.41 Å². The smallest absolute Gasteiger partial charge is 0.0593 e. The van der Waals surface area contributed by atoms with Gasteiger partial charge in [0.15, 0.2) is 0 Å². The predicted octanol–water partition coefficient (Wildman–Crippen LogP) is 2.68. The van der Waals surface area contributed by atoms with Crippen LogP contribution < -0.4 is 0 Å². The highest BCUT2D eigenvalue weighted by Crippen LogP contribution is 2.36. The van der Waals surface area contributed by atoms with E-state index in [2.05, 4.69) is 27.3 Å². The summed E-state index contributed by atoms with van der Waals surface area (Å²) in [6, 6.07) is 4.43. The van der Waals surface area contributed by atoms with Gasteiger partial charge in [-0.1, -0.05) is 6.07 Å². The number of ether oxygens (including phenoxy) is 1. The standard InChI is InChI=1S/C17H26N2OS/c1-2-16(21-9-1)11-18-6-5-17(12-18)13-19(7-8-20-14-17)10-15-3-4-15/h1-2,9,15H,3-8,10-14H2/t17-/m0/s1. The zero-order valence-electron chi connectivity index (χ0n) is 12.8. The Labute approximate surface area is 131 Å². The van der Waals surface area contributed by atoms with E-state index in [4.69, 9.17) is 4.74 Å². The summed E-state index contributed by atoms with van der Waals surface area (Å²) in [7, 11) is 0. The molecule has 21 heavy (non-hydrogen) atoms. The third-order valence-corrected chi connectivity index (χ3v) is 6.07. The number of hydrogen-bond acceptors (Lipinski definition) is 4. The fourth-order valence-electron chi connectivity index (χ4n) is 3.94. The molecular formula is C17H26N2OS. The quantitative estimate of drug-likeness (QED) is 0.850. The summed E-state index contributed by atoms with van der Waals surface area (Å²) in [6.07, 6.45) is 4.21. The van der Waals surface area contributed by atoms with Crippen LogP contribution in [0.15, 0.2) is 17.5 Å². The lowest BCUT2D eigenvalue weighted by Crippen LogP contribution is -2.41. The lowest BCUT2D eigenvalue weighted by molar-refractivity contribution is 0.0708. The third-order valence-electron chi connectivity index (χ3n) is 5.21. The van der Waals surface area contributed by atoms with Gasteiger partial charge >= 0.3 is 0 Å². The van der Waals surface area contributed by atoms with Crippen LogP contribution in [0, 0.1) is 11.3 Å². The number of nitrogens with zero attached hydrogens (tertiary/aromatic N) is 2. The minimum absolute atomic E-state index is 0.392. The van der Waals surface area contributed by atoms with Crippen molar-refractivity contribution in [3.05, 3.63) is 22.4 Å². The van der Waals surface area contributed by atoms with Crippen LogP contribution in [-0.2, 0) is 11.3 Å². The van der Waals surface area contributed by atoms with Gasteiger partial charge in [0.25, 0.3) is 0 Å². The lowest BCUT2D eigenvalue weighted by atomic mass is 9.87. The Balaban J connectivity index is 1.38. The van der Waals surface area contributed by atoms with Crippen molar-refractivity contribution in [1.29, 1.82) is 0 Å². The summed E-state index contributed by atoms with van der Waals surface area (Å²) in [6.45, 7) is 9.19. The molecule has 3 nitrogen and oxygen atoms in total. The minimum atomic E-state index is 0.392. The van der Waals surface area contributed by atoms with Crippen LogP contribution in [0.2, 0.25) is 0 Å². The average molecular weight is 306 g/mol. The van der Waals surface area contributed by atoms with Crippen molar-refractivity contribution >= 4 is 11.3 Å². The Kier molecular flexibility index (Phi) is 4.05. The largest absolute Gasteiger partial charge is 0.379 e. The maximum Gasteiger partial charge on any atom is 0.0593 e. The molecule has 1 aromatic rings. The summed E-state index contributed by atoms with van der Waals surface area (Å²) >= 11 is 1.88. The molecule has 0 N–H and O–H groups in total. The van der Waals surface area contributed by atoms with Crippen LogP contribution in [0.5, 0.6) is 0 Å². The number of hydrogen-bond donors (Lipinski definition) is 0. The van der Waals surface area contributed by atoms with Crippen molar-refractivity contribution in [1.82, 2.24) is 9.80 Å². The molecule has 1 spiro atoms. The molecule has 2 saturated heterocycles. The number of thiophene rings is 1. The van der Waals surface area contributed by atoms with Gasteiger partial charge in [0.1, 0.15) is 0 Å². The molecule has 4 heteroatoms. The molecule has 1 saturated carbocycles. The minimum Gasteiger partial charge on any atom is -0.379 e. The number of likely N-dealkylation sites (tertiary alicyclic amines) is 1. The normalized spacial score (nSPS) is 31.8. The Morgan fingerprint density at radius 3 is 2.95 bits per heavy atom. The SMILES string of the molecule is c1csc(CN2CC[C@]3(COCCN(CC4CC4)C3)C2)c1. The van der Waals surface area contributed by atoms with Crippen molar-refractivity contribution in [2.24, 2.45) is 11.3 Å². The van der Waals surface area contributed by atoms with Gasteiger partial charge in [0.2, 0.25) is 0 Å². The van der Waals surface area contributed by atoms with E-state index in [-0.39, 0.29) is 0 Å². The van der Waals surface area contributed by atoms with Gasteiger partial charge in [-0.3, -0.25) is 4.90 Å². The topological polar surface area (TPSA) is 15.7 Å². The fraction of sp³-hybridized carbons (Fsp3) is 0.765. The third kappa shape index (κ3) is 3.50. The zero-order chi connectivity index (χ0) is 14.1. The summed E-state index contributed by atoms with van der Waals surface area (Å²) < 4.78 is 5.98. The van der Waals surface area contributed by atoms with Crippen LogP contribution in [-0.4, -0.2) is 55.7 Å². The molecule has 3 aliphatic rings. The summed E-state index contributed by atoms with van der Waals surface area (Å²) in [4.78, 5) is 6.83. The highest BCUT2D eigenvalue weighted by molar-refractivity contribution is 7.09. The van der Waals surface area contributed by atoms with Crippen molar-refractivity contribution in [2.45, 2.75) is 25.8 Å². The molecule has 0 bridgehead atoms. The highest BCUT2D eigenvalue weighted by Gasteiger charge is 2.41. The first-order valence-corrected chi connectivity index (χ1v) is 9.24. The second-order valence-corrected chi connectivity index (χ2v) is 8.30. The van der Waals surface area contributed by atoms with Gasteiger partial charge in [-0.05, 0) is 43.2 Å². The van der Waals surface area contributed by atoms with E-state index in [9.17, 15) is 0 Å². The molecule has 3 heterocycles. The molecule has 1 aliphatic carbocycles. The molecular weight excluding hydrogens is 280 g/mol. The molecule has 0 aromatic carbocycles. The fourth-order valence-corrected chi connectivity index (χ4v) is 4.68. The highest BCUT2D eigenvalue weighted by atomic mass is 32.1. The van der Waals surface area contributed by atoms with E-state index < -0.39 is 0 Å². The summed E-state index contributed by atoms with van der Waals surface area (Å²) in [5.74, 6) is 0.990. The van der Waals surface area contributed by atoms with Gasteiger partial charge in [-0.25, -0.2) is 0 Å². The van der Waals surface area contributed by atoms with E-state index in [0.717, 1.165) is 32.2 Å². The molecule has 116 valence electrons. The number of rotatable bonds is 4. The Bertz CT molecular complexity index is 459. The van der Waals surface area contributed by atoms with E-state index >= 15 is 0 Å². The summed E-state index contributed by atoms with van der Waals surface area (Å²) in [5.41, 5.74) is 0.392. The molecule has 0 radical (unpaired) electrons. The first-order valence-electron chi connectivity index (χ1n) is 8.36. The molecule has 1 aromatic heterocycles. The molecule has 0 amide bonds. The van der Waals surface area contributed by atoms with Crippen LogP contribution in [0.1, 0.15) is 24.1 Å². The van der Waals surface area contributed by atoms with E-state index in [1.54, 1.807) is 0 Å². The molecule has 1 atom stereocenters. The summed E-state index contributed by atoms with van der Waals surface area (Å²) in [5, 5.41) is 2.19. The van der Waals surface area contributed by atoms with E-state index in [1.807, 2.05) is 11.3 Å². The van der Waals surface area contributed by atoms with Gasteiger partial charge in [-0.2, -0.15) is 0 Å². The molecule has 0 unspecified atom stereocenters. The van der Waals surface area contributed by atoms with Crippen LogP contribution >= 0.6 is 11.3 Å². The molecule has 3 fully saturated rings. The Morgan fingerprint density at radius 2 is 2.14 bits per heavy atom. The van der Waals surface area contributed by atoms with Crippen LogP contribution in [0.25, 0.3) is 0 Å². The Morgan fingerprint density at radius 1 is 1.24 bits per heavy atom. The first kappa shape index (κ1) is 14.2. The average Bonchev–Trinajstić information content (AvgIpc) is 3.04. The monoisotopic (exact) mass is 306 g/mol. The van der Waals surface area contributed by atoms with E-state index in [1.165, 1.54) is 50.3 Å². The predicted molar refractivity (Wildman–Crippen MR) is 86.6 cm³/mol. The lowest BCUT2D eigenvalue weighted by Gasteiger charge is -2.32. The van der Waals surface area contributed by atoms with Crippen molar-refractivity contribution in [3.63, 3.8) is 0 Å². The van der Waals surface area contributed by atoms with Crippen molar-refractivity contribution < 1.29 is 4.74 Å². The second kappa shape index (κ2) is 5.99. The van der Waals surface area contributed by atoms with Gasteiger partial charge in [-0.15, -0.1) is 11.3 Å². The van der Waals surface area contributed by atoms with Crippen LogP contribution in [0.4, 0.5) is 0 Å². The Hall–Kier alpha value is -0.420. The van der Waals surface area contributed by atoms with Gasteiger partial charge < -0.3 is 9.64 Å². The second-order valence-electron chi connectivity index (χ2n) is 7.27.